The van der Waals surface area contributed by atoms with Crippen LogP contribution in [-0.2, 0) is 10.0 Å². The van der Waals surface area contributed by atoms with Crippen molar-refractivity contribution in [3.8, 4) is 5.75 Å². The first kappa shape index (κ1) is 20.8. The predicted octanol–water partition coefficient (Wildman–Crippen LogP) is 3.22. The number of ether oxygens (including phenoxy) is 1. The van der Waals surface area contributed by atoms with Crippen LogP contribution in [0.25, 0.3) is 0 Å². The minimum atomic E-state index is -3.62. The van der Waals surface area contributed by atoms with Crippen molar-refractivity contribution in [1.29, 1.82) is 0 Å². The molecular weight excluding hydrogens is 383 g/mol. The number of hydrogen-bond acceptors (Lipinski definition) is 4. The molecule has 142 valence electrons. The van der Waals surface area contributed by atoms with Crippen LogP contribution in [-0.4, -0.2) is 34.7 Å². The molecule has 0 amide bonds. The maximum atomic E-state index is 12.6. The third kappa shape index (κ3) is 5.73. The fraction of sp³-hybridized carbons (Fsp3) is 0.647. The molecule has 1 saturated heterocycles. The Bertz CT molecular complexity index is 660. The van der Waals surface area contributed by atoms with Crippen molar-refractivity contribution in [3.05, 3.63) is 23.2 Å². The van der Waals surface area contributed by atoms with Gasteiger partial charge in [-0.3, -0.25) is 0 Å². The Kier molecular flexibility index (Phi) is 7.83. The molecular formula is C17H26Cl2N2O3S. The van der Waals surface area contributed by atoms with Crippen LogP contribution >= 0.6 is 24.0 Å². The first-order chi connectivity index (χ1) is 11.5. The van der Waals surface area contributed by atoms with Gasteiger partial charge in [-0.15, -0.1) is 12.4 Å². The second-order valence-corrected chi connectivity index (χ2v) is 8.92. The lowest BCUT2D eigenvalue weighted by atomic mass is 9.86. The second-order valence-electron chi connectivity index (χ2n) is 6.74. The van der Waals surface area contributed by atoms with E-state index in [1.165, 1.54) is 12.5 Å². The molecule has 2 fully saturated rings. The van der Waals surface area contributed by atoms with Crippen molar-refractivity contribution >= 4 is 34.0 Å². The van der Waals surface area contributed by atoms with Crippen molar-refractivity contribution in [2.45, 2.75) is 37.0 Å². The van der Waals surface area contributed by atoms with Crippen molar-refractivity contribution in [1.82, 2.24) is 10.0 Å². The zero-order valence-electron chi connectivity index (χ0n) is 14.2. The molecule has 1 aromatic carbocycles. The molecule has 1 heterocycles. The van der Waals surface area contributed by atoms with Gasteiger partial charge in [0.05, 0.1) is 6.61 Å². The Balaban J connectivity index is 0.00000225. The van der Waals surface area contributed by atoms with Gasteiger partial charge in [-0.1, -0.05) is 18.0 Å². The standard InChI is InChI=1S/C17H25ClN2O3S.ClH/c18-15-4-5-16(23-12-14-2-1-3-14)17(10-15)24(21,22)20-9-7-13-6-8-19-11-13;/h4-5,10,13-14,19-20H,1-3,6-9,11-12H2;1H. The molecule has 1 atom stereocenters. The van der Waals surface area contributed by atoms with Crippen LogP contribution in [0.15, 0.2) is 23.1 Å². The van der Waals surface area contributed by atoms with Gasteiger partial charge in [0, 0.05) is 11.6 Å². The highest BCUT2D eigenvalue weighted by Crippen LogP contribution is 2.31. The van der Waals surface area contributed by atoms with E-state index in [2.05, 4.69) is 10.0 Å². The normalized spacial score (nSPS) is 20.8. The lowest BCUT2D eigenvalue weighted by molar-refractivity contribution is 0.177. The highest BCUT2D eigenvalue weighted by Gasteiger charge is 2.23. The van der Waals surface area contributed by atoms with E-state index < -0.39 is 10.0 Å². The lowest BCUT2D eigenvalue weighted by Gasteiger charge is -2.25. The van der Waals surface area contributed by atoms with Gasteiger partial charge in [0.2, 0.25) is 10.0 Å². The zero-order valence-corrected chi connectivity index (χ0v) is 16.6. The van der Waals surface area contributed by atoms with E-state index in [9.17, 15) is 8.42 Å². The van der Waals surface area contributed by atoms with Gasteiger partial charge in [-0.05, 0) is 68.8 Å². The zero-order chi connectivity index (χ0) is 17.0. The van der Waals surface area contributed by atoms with Crippen LogP contribution in [0.4, 0.5) is 0 Å². The first-order valence-electron chi connectivity index (χ1n) is 8.67. The summed E-state index contributed by atoms with van der Waals surface area (Å²) in [6, 6.07) is 4.79. The molecule has 25 heavy (non-hydrogen) atoms. The topological polar surface area (TPSA) is 67.4 Å². The SMILES string of the molecule is Cl.O=S(=O)(NCCC1CCNC1)c1cc(Cl)ccc1OCC1CCC1. The van der Waals surface area contributed by atoms with Crippen molar-refractivity contribution in [2.75, 3.05) is 26.2 Å². The third-order valence-electron chi connectivity index (χ3n) is 4.90. The highest BCUT2D eigenvalue weighted by atomic mass is 35.5. The average Bonchev–Trinajstić information content (AvgIpc) is 3.00. The Hall–Kier alpha value is -0.530. The summed E-state index contributed by atoms with van der Waals surface area (Å²) in [6.07, 6.45) is 5.49. The maximum Gasteiger partial charge on any atom is 0.244 e. The van der Waals surface area contributed by atoms with Crippen molar-refractivity contribution in [2.24, 2.45) is 11.8 Å². The molecule has 8 heteroatoms. The highest BCUT2D eigenvalue weighted by molar-refractivity contribution is 7.89. The first-order valence-corrected chi connectivity index (χ1v) is 10.5. The van der Waals surface area contributed by atoms with Crippen LogP contribution in [0.3, 0.4) is 0 Å². The van der Waals surface area contributed by atoms with Gasteiger partial charge in [0.25, 0.3) is 0 Å². The Morgan fingerprint density at radius 2 is 2.04 bits per heavy atom. The number of rotatable bonds is 8. The molecule has 3 rings (SSSR count). The smallest absolute Gasteiger partial charge is 0.244 e. The summed E-state index contributed by atoms with van der Waals surface area (Å²) in [4.78, 5) is 0.138. The van der Waals surface area contributed by atoms with E-state index in [4.69, 9.17) is 16.3 Å². The van der Waals surface area contributed by atoms with Crippen LogP contribution in [0.5, 0.6) is 5.75 Å². The predicted molar refractivity (Wildman–Crippen MR) is 102 cm³/mol. The van der Waals surface area contributed by atoms with Crippen molar-refractivity contribution in [3.63, 3.8) is 0 Å². The van der Waals surface area contributed by atoms with Crippen LogP contribution in [0.1, 0.15) is 32.1 Å². The maximum absolute atomic E-state index is 12.6. The number of sulfonamides is 1. The number of hydrogen-bond donors (Lipinski definition) is 2. The quantitative estimate of drug-likeness (QED) is 0.692. The average molecular weight is 409 g/mol. The minimum Gasteiger partial charge on any atom is -0.492 e. The molecule has 2 N–H and O–H groups in total. The molecule has 0 spiro atoms. The van der Waals surface area contributed by atoms with E-state index in [1.54, 1.807) is 12.1 Å². The Labute approximate surface area is 161 Å². The molecule has 5 nitrogen and oxygen atoms in total. The van der Waals surface area contributed by atoms with E-state index in [0.29, 0.717) is 35.8 Å². The second kappa shape index (κ2) is 9.42. The third-order valence-corrected chi connectivity index (χ3v) is 6.62. The van der Waals surface area contributed by atoms with Gasteiger partial charge >= 0.3 is 0 Å². The van der Waals surface area contributed by atoms with Crippen molar-refractivity contribution < 1.29 is 13.2 Å². The summed E-state index contributed by atoms with van der Waals surface area (Å²) in [5.74, 6) is 1.47. The van der Waals surface area contributed by atoms with Crippen LogP contribution in [0, 0.1) is 11.8 Å². The minimum absolute atomic E-state index is 0. The molecule has 1 aliphatic carbocycles. The van der Waals surface area contributed by atoms with E-state index >= 15 is 0 Å². The molecule has 1 unspecified atom stereocenters. The monoisotopic (exact) mass is 408 g/mol. The van der Waals surface area contributed by atoms with Gasteiger partial charge in [0.15, 0.2) is 0 Å². The summed E-state index contributed by atoms with van der Waals surface area (Å²) in [5.41, 5.74) is 0. The number of halogens is 2. The van der Waals surface area contributed by atoms with Crippen LogP contribution in [0.2, 0.25) is 5.02 Å². The van der Waals surface area contributed by atoms with Gasteiger partial charge in [0.1, 0.15) is 10.6 Å². The lowest BCUT2D eigenvalue weighted by Crippen LogP contribution is -2.27. The van der Waals surface area contributed by atoms with E-state index in [1.807, 2.05) is 0 Å². The molecule has 1 aliphatic heterocycles. The van der Waals surface area contributed by atoms with Gasteiger partial charge < -0.3 is 10.1 Å². The van der Waals surface area contributed by atoms with E-state index in [-0.39, 0.29) is 17.3 Å². The molecule has 2 aliphatic rings. The summed E-state index contributed by atoms with van der Waals surface area (Å²) in [6.45, 7) is 2.99. The van der Waals surface area contributed by atoms with Gasteiger partial charge in [-0.2, -0.15) is 0 Å². The summed E-state index contributed by atoms with van der Waals surface area (Å²) >= 11 is 6.01. The molecule has 0 radical (unpaired) electrons. The molecule has 0 bridgehead atoms. The summed E-state index contributed by atoms with van der Waals surface area (Å²) < 4.78 is 33.7. The fourth-order valence-electron chi connectivity index (χ4n) is 3.11. The Morgan fingerprint density at radius 3 is 2.68 bits per heavy atom. The molecule has 0 aromatic heterocycles. The van der Waals surface area contributed by atoms with E-state index in [0.717, 1.165) is 38.8 Å². The summed E-state index contributed by atoms with van der Waals surface area (Å²) in [7, 11) is -3.62. The number of nitrogens with one attached hydrogen (secondary N) is 2. The number of benzene rings is 1. The molecule has 1 aromatic rings. The molecule has 1 saturated carbocycles. The largest absolute Gasteiger partial charge is 0.492 e. The van der Waals surface area contributed by atoms with Gasteiger partial charge in [-0.25, -0.2) is 13.1 Å². The fourth-order valence-corrected chi connectivity index (χ4v) is 4.57. The Morgan fingerprint density at radius 1 is 1.24 bits per heavy atom. The van der Waals surface area contributed by atoms with Crippen LogP contribution < -0.4 is 14.8 Å². The summed E-state index contributed by atoms with van der Waals surface area (Å²) in [5, 5.41) is 3.69.